The van der Waals surface area contributed by atoms with Crippen molar-refractivity contribution in [1.82, 2.24) is 0 Å². The van der Waals surface area contributed by atoms with E-state index in [2.05, 4.69) is 28.1 Å². The lowest BCUT2D eigenvalue weighted by atomic mass is 9.84. The third-order valence-corrected chi connectivity index (χ3v) is 4.58. The lowest BCUT2D eigenvalue weighted by Crippen LogP contribution is -2.17. The Balaban J connectivity index is 2.29. The van der Waals surface area contributed by atoms with Gasteiger partial charge in [0.1, 0.15) is 11.5 Å². The number of hydrogen-bond donors (Lipinski definition) is 0. The largest absolute Gasteiger partial charge is 0.497 e. The number of alkyl halides is 1. The predicted octanol–water partition coefficient (Wildman–Crippen LogP) is 4.12. The van der Waals surface area contributed by atoms with Gasteiger partial charge in [-0.05, 0) is 36.5 Å². The molecule has 0 amide bonds. The SMILES string of the molecule is COc1cc(OC)cc(C2CCCCC2Br)c1. The molecule has 2 rings (SSSR count). The van der Waals surface area contributed by atoms with Crippen LogP contribution in [0.5, 0.6) is 11.5 Å². The van der Waals surface area contributed by atoms with E-state index in [-0.39, 0.29) is 0 Å². The fraction of sp³-hybridized carbons (Fsp3) is 0.571. The fourth-order valence-electron chi connectivity index (χ4n) is 2.50. The van der Waals surface area contributed by atoms with E-state index in [0.717, 1.165) is 11.5 Å². The summed E-state index contributed by atoms with van der Waals surface area (Å²) in [7, 11) is 3.40. The summed E-state index contributed by atoms with van der Waals surface area (Å²) >= 11 is 3.80. The molecule has 1 aromatic carbocycles. The lowest BCUT2D eigenvalue weighted by Gasteiger charge is -2.28. The first-order valence-electron chi connectivity index (χ1n) is 6.11. The van der Waals surface area contributed by atoms with Crippen LogP contribution in [0.1, 0.15) is 37.2 Å². The molecule has 3 heteroatoms. The summed E-state index contributed by atoms with van der Waals surface area (Å²) in [5, 5.41) is 0. The van der Waals surface area contributed by atoms with Gasteiger partial charge in [0.25, 0.3) is 0 Å². The van der Waals surface area contributed by atoms with Gasteiger partial charge in [-0.1, -0.05) is 28.8 Å². The second kappa shape index (κ2) is 5.76. The van der Waals surface area contributed by atoms with Crippen molar-refractivity contribution >= 4 is 15.9 Å². The quantitative estimate of drug-likeness (QED) is 0.781. The molecule has 2 atom stereocenters. The Hall–Kier alpha value is -0.700. The van der Waals surface area contributed by atoms with Gasteiger partial charge in [0.15, 0.2) is 0 Å². The normalized spacial score (nSPS) is 24.4. The van der Waals surface area contributed by atoms with Gasteiger partial charge >= 0.3 is 0 Å². The molecule has 94 valence electrons. The average Bonchev–Trinajstić information content (AvgIpc) is 2.38. The van der Waals surface area contributed by atoms with E-state index in [0.29, 0.717) is 10.7 Å². The molecule has 1 saturated carbocycles. The van der Waals surface area contributed by atoms with Crippen molar-refractivity contribution in [2.24, 2.45) is 0 Å². The van der Waals surface area contributed by atoms with Gasteiger partial charge in [0, 0.05) is 10.9 Å². The number of hydrogen-bond acceptors (Lipinski definition) is 2. The van der Waals surface area contributed by atoms with Crippen molar-refractivity contribution in [2.45, 2.75) is 36.4 Å². The van der Waals surface area contributed by atoms with E-state index in [1.54, 1.807) is 14.2 Å². The average molecular weight is 299 g/mol. The van der Waals surface area contributed by atoms with E-state index < -0.39 is 0 Å². The number of halogens is 1. The minimum atomic E-state index is 0.577. The molecular weight excluding hydrogens is 280 g/mol. The van der Waals surface area contributed by atoms with E-state index in [1.165, 1.54) is 31.2 Å². The van der Waals surface area contributed by atoms with E-state index in [9.17, 15) is 0 Å². The van der Waals surface area contributed by atoms with Crippen LogP contribution in [0, 0.1) is 0 Å². The second-order valence-electron chi connectivity index (χ2n) is 4.55. The lowest BCUT2D eigenvalue weighted by molar-refractivity contribution is 0.390. The molecule has 1 aromatic rings. The Labute approximate surface area is 111 Å². The van der Waals surface area contributed by atoms with Crippen molar-refractivity contribution in [3.63, 3.8) is 0 Å². The van der Waals surface area contributed by atoms with Gasteiger partial charge in [0.05, 0.1) is 14.2 Å². The summed E-state index contributed by atoms with van der Waals surface area (Å²) in [4.78, 5) is 0.577. The van der Waals surface area contributed by atoms with Crippen molar-refractivity contribution in [2.75, 3.05) is 14.2 Å². The molecule has 0 heterocycles. The maximum atomic E-state index is 5.33. The summed E-state index contributed by atoms with van der Waals surface area (Å²) in [6.45, 7) is 0. The highest BCUT2D eigenvalue weighted by atomic mass is 79.9. The molecule has 0 spiro atoms. The van der Waals surface area contributed by atoms with Gasteiger partial charge in [-0.25, -0.2) is 0 Å². The summed E-state index contributed by atoms with van der Waals surface area (Å²) in [6, 6.07) is 6.19. The van der Waals surface area contributed by atoms with Crippen LogP contribution < -0.4 is 9.47 Å². The third kappa shape index (κ3) is 2.95. The molecule has 2 nitrogen and oxygen atoms in total. The first-order valence-corrected chi connectivity index (χ1v) is 7.03. The van der Waals surface area contributed by atoms with Gasteiger partial charge in [0.2, 0.25) is 0 Å². The Morgan fingerprint density at radius 1 is 1.00 bits per heavy atom. The zero-order chi connectivity index (χ0) is 12.3. The molecule has 2 unspecified atom stereocenters. The van der Waals surface area contributed by atoms with Crippen LogP contribution in [0.25, 0.3) is 0 Å². The van der Waals surface area contributed by atoms with Crippen molar-refractivity contribution in [3.8, 4) is 11.5 Å². The topological polar surface area (TPSA) is 18.5 Å². The molecule has 0 aliphatic heterocycles. The molecule has 1 aliphatic rings. The van der Waals surface area contributed by atoms with Crippen LogP contribution in [-0.4, -0.2) is 19.0 Å². The summed E-state index contributed by atoms with van der Waals surface area (Å²) < 4.78 is 10.7. The van der Waals surface area contributed by atoms with Gasteiger partial charge in [-0.2, -0.15) is 0 Å². The van der Waals surface area contributed by atoms with Crippen molar-refractivity contribution in [3.05, 3.63) is 23.8 Å². The first-order chi connectivity index (χ1) is 8.24. The van der Waals surface area contributed by atoms with Crippen LogP contribution in [0.3, 0.4) is 0 Å². The Bertz CT molecular complexity index is 356. The summed E-state index contributed by atoms with van der Waals surface area (Å²) in [6.07, 6.45) is 5.14. The molecular formula is C14H19BrO2. The highest BCUT2D eigenvalue weighted by Gasteiger charge is 2.25. The zero-order valence-corrected chi connectivity index (χ0v) is 12.0. The van der Waals surface area contributed by atoms with E-state index >= 15 is 0 Å². The van der Waals surface area contributed by atoms with Gasteiger partial charge in [-0.3, -0.25) is 0 Å². The molecule has 1 fully saturated rings. The summed E-state index contributed by atoms with van der Waals surface area (Å²) in [5.41, 5.74) is 1.32. The number of ether oxygens (including phenoxy) is 2. The van der Waals surface area contributed by atoms with Gasteiger partial charge in [-0.15, -0.1) is 0 Å². The molecule has 1 aliphatic carbocycles. The highest BCUT2D eigenvalue weighted by molar-refractivity contribution is 9.09. The highest BCUT2D eigenvalue weighted by Crippen LogP contribution is 2.39. The number of rotatable bonds is 3. The Kier molecular flexibility index (Phi) is 4.32. The van der Waals surface area contributed by atoms with Crippen LogP contribution in [0.2, 0.25) is 0 Å². The second-order valence-corrected chi connectivity index (χ2v) is 5.73. The predicted molar refractivity (Wildman–Crippen MR) is 73.5 cm³/mol. The molecule has 0 bridgehead atoms. The molecule has 0 saturated heterocycles. The molecule has 0 radical (unpaired) electrons. The Morgan fingerprint density at radius 2 is 1.59 bits per heavy atom. The molecule has 0 N–H and O–H groups in total. The minimum absolute atomic E-state index is 0.577. The monoisotopic (exact) mass is 298 g/mol. The van der Waals surface area contributed by atoms with Crippen LogP contribution in [-0.2, 0) is 0 Å². The smallest absolute Gasteiger partial charge is 0.122 e. The third-order valence-electron chi connectivity index (χ3n) is 3.48. The number of benzene rings is 1. The van der Waals surface area contributed by atoms with Gasteiger partial charge < -0.3 is 9.47 Å². The maximum absolute atomic E-state index is 5.33. The van der Waals surface area contributed by atoms with E-state index in [4.69, 9.17) is 9.47 Å². The maximum Gasteiger partial charge on any atom is 0.122 e. The minimum Gasteiger partial charge on any atom is -0.497 e. The summed E-state index contributed by atoms with van der Waals surface area (Å²) in [5.74, 6) is 2.34. The fourth-order valence-corrected chi connectivity index (χ4v) is 3.40. The Morgan fingerprint density at radius 3 is 2.12 bits per heavy atom. The van der Waals surface area contributed by atoms with E-state index in [1.807, 2.05) is 6.07 Å². The zero-order valence-electron chi connectivity index (χ0n) is 10.4. The van der Waals surface area contributed by atoms with Crippen LogP contribution in [0.15, 0.2) is 18.2 Å². The van der Waals surface area contributed by atoms with Crippen molar-refractivity contribution in [1.29, 1.82) is 0 Å². The molecule has 17 heavy (non-hydrogen) atoms. The first kappa shape index (κ1) is 12.7. The van der Waals surface area contributed by atoms with Crippen molar-refractivity contribution < 1.29 is 9.47 Å². The number of methoxy groups -OCH3 is 2. The standard InChI is InChI=1S/C14H19BrO2/c1-16-11-7-10(8-12(9-11)17-2)13-5-3-4-6-14(13)15/h7-9,13-14H,3-6H2,1-2H3. The van der Waals surface area contributed by atoms with Crippen LogP contribution in [0.4, 0.5) is 0 Å². The van der Waals surface area contributed by atoms with Crippen LogP contribution >= 0.6 is 15.9 Å². The molecule has 0 aromatic heterocycles.